The molecule has 1 N–H and O–H groups in total. The second kappa shape index (κ2) is 6.30. The number of aromatic nitrogens is 6. The monoisotopic (exact) mass is 362 g/mol. The van der Waals surface area contributed by atoms with Crippen LogP contribution in [0.15, 0.2) is 42.9 Å². The summed E-state index contributed by atoms with van der Waals surface area (Å²) in [5.41, 5.74) is 1.44. The fourth-order valence-electron chi connectivity index (χ4n) is 2.58. The van der Waals surface area contributed by atoms with Crippen LogP contribution in [0.25, 0.3) is 17.0 Å². The predicted molar refractivity (Wildman–Crippen MR) is 92.1 cm³/mol. The van der Waals surface area contributed by atoms with Crippen LogP contribution in [-0.2, 0) is 7.05 Å². The summed E-state index contributed by atoms with van der Waals surface area (Å²) in [5, 5.41) is 19.8. The Hall–Kier alpha value is -4.13. The lowest BCUT2D eigenvalue weighted by atomic mass is 10.1. The van der Waals surface area contributed by atoms with E-state index in [0.29, 0.717) is 11.3 Å². The molecule has 3 heterocycles. The molecule has 0 bridgehead atoms. The third-order valence-electron chi connectivity index (χ3n) is 3.92. The van der Waals surface area contributed by atoms with E-state index in [1.54, 1.807) is 19.2 Å². The van der Waals surface area contributed by atoms with Gasteiger partial charge in [0.25, 0.3) is 11.7 Å². The molecule has 0 atom stereocenters. The lowest BCUT2D eigenvalue weighted by Gasteiger charge is -2.09. The zero-order valence-electron chi connectivity index (χ0n) is 14.0. The van der Waals surface area contributed by atoms with E-state index in [4.69, 9.17) is 5.26 Å². The molecule has 4 aromatic rings. The minimum atomic E-state index is -0.517. The van der Waals surface area contributed by atoms with Crippen LogP contribution in [0.4, 0.5) is 10.2 Å². The summed E-state index contributed by atoms with van der Waals surface area (Å²) in [6.07, 6.45) is 2.63. The van der Waals surface area contributed by atoms with E-state index in [9.17, 15) is 9.18 Å². The highest BCUT2D eigenvalue weighted by Crippen LogP contribution is 2.21. The Kier molecular flexibility index (Phi) is 3.82. The van der Waals surface area contributed by atoms with E-state index in [1.165, 1.54) is 39.9 Å². The van der Waals surface area contributed by atoms with Gasteiger partial charge in [0.1, 0.15) is 35.3 Å². The number of aryl methyl sites for hydroxylation is 1. The van der Waals surface area contributed by atoms with E-state index >= 15 is 0 Å². The van der Waals surface area contributed by atoms with Crippen molar-refractivity contribution in [2.75, 3.05) is 5.32 Å². The van der Waals surface area contributed by atoms with Crippen LogP contribution in [0.2, 0.25) is 0 Å². The second-order valence-corrected chi connectivity index (χ2v) is 5.60. The van der Waals surface area contributed by atoms with Crippen LogP contribution in [0.5, 0.6) is 0 Å². The number of amides is 1. The lowest BCUT2D eigenvalue weighted by Crippen LogP contribution is -2.19. The molecule has 0 aliphatic carbocycles. The predicted octanol–water partition coefficient (Wildman–Crippen LogP) is 1.79. The van der Waals surface area contributed by atoms with Gasteiger partial charge in [0.2, 0.25) is 0 Å². The van der Waals surface area contributed by atoms with Crippen LogP contribution in [0.3, 0.4) is 0 Å². The molecule has 1 aromatic carbocycles. The second-order valence-electron chi connectivity index (χ2n) is 5.60. The van der Waals surface area contributed by atoms with Gasteiger partial charge < -0.3 is 5.32 Å². The number of benzene rings is 1. The van der Waals surface area contributed by atoms with Crippen LogP contribution in [0, 0.1) is 17.1 Å². The highest BCUT2D eigenvalue weighted by molar-refractivity contribution is 6.04. The van der Waals surface area contributed by atoms with Gasteiger partial charge in [0.15, 0.2) is 0 Å². The third-order valence-corrected chi connectivity index (χ3v) is 3.92. The topological polar surface area (TPSA) is 114 Å². The molecular formula is C17H11FN8O. The van der Waals surface area contributed by atoms with E-state index in [2.05, 4.69) is 25.5 Å². The minimum absolute atomic E-state index is 0.155. The summed E-state index contributed by atoms with van der Waals surface area (Å²) in [7, 11) is 1.61. The molecule has 0 saturated carbocycles. The van der Waals surface area contributed by atoms with Gasteiger partial charge in [0.05, 0.1) is 11.9 Å². The van der Waals surface area contributed by atoms with Gasteiger partial charge in [-0.05, 0) is 30.3 Å². The Labute approximate surface area is 151 Å². The number of nitrogens with zero attached hydrogens (tertiary/aromatic N) is 7. The largest absolute Gasteiger partial charge is 0.304 e. The van der Waals surface area contributed by atoms with Gasteiger partial charge in [-0.2, -0.15) is 25.0 Å². The molecule has 4 rings (SSSR count). The first-order valence-corrected chi connectivity index (χ1v) is 7.77. The third kappa shape index (κ3) is 2.87. The van der Waals surface area contributed by atoms with Gasteiger partial charge >= 0.3 is 0 Å². The number of carbonyl (C=O) groups is 1. The molecule has 1 amide bonds. The lowest BCUT2D eigenvalue weighted by molar-refractivity contribution is 0.101. The number of nitriles is 1. The molecule has 0 saturated heterocycles. The first kappa shape index (κ1) is 16.3. The maximum atomic E-state index is 13.2. The zero-order valence-corrected chi connectivity index (χ0v) is 14.0. The summed E-state index contributed by atoms with van der Waals surface area (Å²) >= 11 is 0. The highest BCUT2D eigenvalue weighted by atomic mass is 19.1. The Bertz CT molecular complexity index is 1200. The number of hydrogen-bond donors (Lipinski definition) is 1. The van der Waals surface area contributed by atoms with E-state index in [-0.39, 0.29) is 28.7 Å². The zero-order chi connectivity index (χ0) is 19.0. The Morgan fingerprint density at radius 3 is 2.78 bits per heavy atom. The van der Waals surface area contributed by atoms with Gasteiger partial charge in [-0.25, -0.2) is 9.37 Å². The smallest absolute Gasteiger partial charge is 0.275 e. The molecular weight excluding hydrogens is 351 g/mol. The van der Waals surface area contributed by atoms with Crippen molar-refractivity contribution in [1.82, 2.24) is 29.4 Å². The van der Waals surface area contributed by atoms with E-state index in [0.717, 1.165) is 0 Å². The van der Waals surface area contributed by atoms with Gasteiger partial charge in [-0.1, -0.05) is 0 Å². The summed E-state index contributed by atoms with van der Waals surface area (Å²) in [6, 6.07) is 9.21. The van der Waals surface area contributed by atoms with Crippen molar-refractivity contribution in [3.8, 4) is 17.3 Å². The normalized spacial score (nSPS) is 10.7. The molecule has 3 aromatic heterocycles. The molecule has 9 nitrogen and oxygen atoms in total. The minimum Gasteiger partial charge on any atom is -0.304 e. The standard InChI is InChI=1S/C17H11FN8O/c1-25-15(11(7-19)8-21-25)24-16(27)14-6-13(10-2-4-12(18)5-3-10)23-17-20-9-22-26(14)17/h2-6,8-9H,1H3,(H,24,27). The molecule has 0 spiro atoms. The van der Waals surface area contributed by atoms with Crippen molar-refractivity contribution in [1.29, 1.82) is 5.26 Å². The maximum absolute atomic E-state index is 13.2. The molecule has 132 valence electrons. The molecule has 10 heteroatoms. The van der Waals surface area contributed by atoms with Gasteiger partial charge in [-0.15, -0.1) is 0 Å². The van der Waals surface area contributed by atoms with Crippen LogP contribution in [0.1, 0.15) is 16.1 Å². The average Bonchev–Trinajstić information content (AvgIpc) is 3.28. The number of fused-ring (bicyclic) bond motifs is 1. The van der Waals surface area contributed by atoms with Crippen molar-refractivity contribution in [2.24, 2.45) is 7.05 Å². The van der Waals surface area contributed by atoms with Crippen molar-refractivity contribution in [3.05, 3.63) is 59.9 Å². The summed E-state index contributed by atoms with van der Waals surface area (Å²) in [4.78, 5) is 21.2. The molecule has 0 aliphatic rings. The molecule has 27 heavy (non-hydrogen) atoms. The molecule has 0 fully saturated rings. The van der Waals surface area contributed by atoms with Gasteiger partial charge in [-0.3, -0.25) is 9.48 Å². The Morgan fingerprint density at radius 2 is 2.04 bits per heavy atom. The van der Waals surface area contributed by atoms with Crippen molar-refractivity contribution >= 4 is 17.5 Å². The SMILES string of the molecule is Cn1ncc(C#N)c1NC(=O)c1cc(-c2ccc(F)cc2)nc2ncnn12. The molecule has 0 radical (unpaired) electrons. The first-order chi connectivity index (χ1) is 13.1. The summed E-state index contributed by atoms with van der Waals surface area (Å²) in [6.45, 7) is 0. The van der Waals surface area contributed by atoms with Crippen LogP contribution >= 0.6 is 0 Å². The summed E-state index contributed by atoms with van der Waals surface area (Å²) in [5.74, 6) is -0.416. The van der Waals surface area contributed by atoms with Crippen molar-refractivity contribution in [3.63, 3.8) is 0 Å². The first-order valence-electron chi connectivity index (χ1n) is 7.77. The van der Waals surface area contributed by atoms with E-state index in [1.807, 2.05) is 6.07 Å². The van der Waals surface area contributed by atoms with Crippen molar-refractivity contribution in [2.45, 2.75) is 0 Å². The van der Waals surface area contributed by atoms with Crippen LogP contribution < -0.4 is 5.32 Å². The van der Waals surface area contributed by atoms with Crippen molar-refractivity contribution < 1.29 is 9.18 Å². The average molecular weight is 362 g/mol. The fraction of sp³-hybridized carbons (Fsp3) is 0.0588. The Balaban J connectivity index is 1.79. The number of nitrogens with one attached hydrogen (secondary N) is 1. The Morgan fingerprint density at radius 1 is 1.26 bits per heavy atom. The van der Waals surface area contributed by atoms with Gasteiger partial charge in [0, 0.05) is 12.6 Å². The van der Waals surface area contributed by atoms with Crippen LogP contribution in [-0.4, -0.2) is 35.3 Å². The number of carbonyl (C=O) groups excluding carboxylic acids is 1. The highest BCUT2D eigenvalue weighted by Gasteiger charge is 2.19. The fourth-order valence-corrected chi connectivity index (χ4v) is 2.58. The number of rotatable bonds is 3. The quantitative estimate of drug-likeness (QED) is 0.594. The summed E-state index contributed by atoms with van der Waals surface area (Å²) < 4.78 is 15.9. The van der Waals surface area contributed by atoms with E-state index < -0.39 is 5.91 Å². The maximum Gasteiger partial charge on any atom is 0.275 e. The number of anilines is 1. The number of hydrogen-bond acceptors (Lipinski definition) is 6. The molecule has 0 aliphatic heterocycles. The number of halogens is 1. The molecule has 0 unspecified atom stereocenters.